The molecule has 0 spiro atoms. The van der Waals surface area contributed by atoms with Crippen LogP contribution in [0, 0.1) is 13.8 Å². The largest absolute Gasteiger partial charge is 0.454 e. The Morgan fingerprint density at radius 1 is 0.771 bits per heavy atom. The van der Waals surface area contributed by atoms with Gasteiger partial charge in [0, 0.05) is 61.4 Å². The fourth-order valence-corrected chi connectivity index (χ4v) is 5.16. The van der Waals surface area contributed by atoms with E-state index < -0.39 is 0 Å². The number of rotatable bonds is 6. The maximum absolute atomic E-state index is 13.3. The molecule has 0 saturated carbocycles. The van der Waals surface area contributed by atoms with E-state index in [1.807, 2.05) is 44.2 Å². The Labute approximate surface area is 204 Å². The second-order valence-electron chi connectivity index (χ2n) is 9.32. The standard InChI is InChI=1S/C27H29N3O5/c1-18-11-22(19(2)30(18)21-4-6-25-27(13-21)35-17-33-25)23(31)15-29-9-7-28(8-10-29)14-20-3-5-24-26(12-20)34-16-32-24/h3-6,11-13H,7-10,14-17H2,1-2H3. The summed E-state index contributed by atoms with van der Waals surface area (Å²) in [5.74, 6) is 3.29. The van der Waals surface area contributed by atoms with Gasteiger partial charge in [-0.15, -0.1) is 0 Å². The van der Waals surface area contributed by atoms with Crippen molar-refractivity contribution in [3.05, 3.63) is 65.0 Å². The number of hydrogen-bond donors (Lipinski definition) is 0. The van der Waals surface area contributed by atoms with Gasteiger partial charge in [0.1, 0.15) is 0 Å². The maximum atomic E-state index is 13.3. The summed E-state index contributed by atoms with van der Waals surface area (Å²) in [5, 5.41) is 0. The number of benzene rings is 2. The second kappa shape index (κ2) is 8.94. The number of piperazine rings is 1. The molecule has 4 heterocycles. The molecule has 8 nitrogen and oxygen atoms in total. The first-order chi connectivity index (χ1) is 17.0. The molecule has 0 unspecified atom stereocenters. The van der Waals surface area contributed by atoms with Gasteiger partial charge < -0.3 is 23.5 Å². The zero-order chi connectivity index (χ0) is 23.9. The van der Waals surface area contributed by atoms with E-state index in [9.17, 15) is 4.79 Å². The number of nitrogens with zero attached hydrogens (tertiary/aromatic N) is 3. The van der Waals surface area contributed by atoms with E-state index in [1.165, 1.54) is 5.56 Å². The van der Waals surface area contributed by atoms with Gasteiger partial charge in [0.15, 0.2) is 28.8 Å². The smallest absolute Gasteiger partial charge is 0.231 e. The molecule has 3 aromatic rings. The predicted octanol–water partition coefficient (Wildman–Crippen LogP) is 3.55. The lowest BCUT2D eigenvalue weighted by atomic mass is 10.1. The number of aryl methyl sites for hydroxylation is 1. The van der Waals surface area contributed by atoms with E-state index in [1.54, 1.807) is 0 Å². The molecule has 0 aliphatic carbocycles. The van der Waals surface area contributed by atoms with Crippen molar-refractivity contribution in [3.8, 4) is 28.7 Å². The summed E-state index contributed by atoms with van der Waals surface area (Å²) in [6.45, 7) is 9.49. The minimum absolute atomic E-state index is 0.161. The number of ether oxygens (including phenoxy) is 4. The highest BCUT2D eigenvalue weighted by molar-refractivity contribution is 5.99. The fourth-order valence-electron chi connectivity index (χ4n) is 5.16. The average molecular weight is 476 g/mol. The first-order valence-corrected chi connectivity index (χ1v) is 12.0. The zero-order valence-electron chi connectivity index (χ0n) is 20.1. The Hall–Kier alpha value is -3.49. The molecule has 8 heteroatoms. The molecule has 182 valence electrons. The second-order valence-corrected chi connectivity index (χ2v) is 9.32. The number of hydrogen-bond acceptors (Lipinski definition) is 7. The number of carbonyl (C=O) groups is 1. The topological polar surface area (TPSA) is 65.4 Å². The van der Waals surface area contributed by atoms with Gasteiger partial charge in [-0.05, 0) is 49.7 Å². The van der Waals surface area contributed by atoms with Gasteiger partial charge in [-0.25, -0.2) is 0 Å². The van der Waals surface area contributed by atoms with Crippen LogP contribution in [0.5, 0.6) is 23.0 Å². The Morgan fingerprint density at radius 2 is 1.40 bits per heavy atom. The summed E-state index contributed by atoms with van der Waals surface area (Å²) >= 11 is 0. The van der Waals surface area contributed by atoms with Crippen molar-refractivity contribution in [2.75, 3.05) is 46.3 Å². The summed E-state index contributed by atoms with van der Waals surface area (Å²) in [7, 11) is 0. The molecule has 3 aliphatic rings. The monoisotopic (exact) mass is 475 g/mol. The molecule has 35 heavy (non-hydrogen) atoms. The van der Waals surface area contributed by atoms with Crippen LogP contribution in [0.2, 0.25) is 0 Å². The van der Waals surface area contributed by atoms with E-state index >= 15 is 0 Å². The van der Waals surface area contributed by atoms with Crippen LogP contribution in [-0.4, -0.2) is 66.5 Å². The Kier molecular flexibility index (Phi) is 5.62. The number of ketones is 1. The van der Waals surface area contributed by atoms with Crippen LogP contribution in [0.3, 0.4) is 0 Å². The van der Waals surface area contributed by atoms with Crippen molar-refractivity contribution in [2.45, 2.75) is 20.4 Å². The van der Waals surface area contributed by atoms with Crippen LogP contribution >= 0.6 is 0 Å². The van der Waals surface area contributed by atoms with Crippen LogP contribution in [0.25, 0.3) is 5.69 Å². The summed E-state index contributed by atoms with van der Waals surface area (Å²) in [4.78, 5) is 17.9. The van der Waals surface area contributed by atoms with E-state index in [0.717, 1.165) is 78.4 Å². The van der Waals surface area contributed by atoms with Crippen molar-refractivity contribution in [3.63, 3.8) is 0 Å². The maximum Gasteiger partial charge on any atom is 0.231 e. The Bertz CT molecular complexity index is 1280. The zero-order valence-corrected chi connectivity index (χ0v) is 20.1. The van der Waals surface area contributed by atoms with Crippen molar-refractivity contribution in [2.24, 2.45) is 0 Å². The summed E-state index contributed by atoms with van der Waals surface area (Å²) < 4.78 is 24.0. The van der Waals surface area contributed by atoms with Crippen LogP contribution in [0.15, 0.2) is 42.5 Å². The highest BCUT2D eigenvalue weighted by atomic mass is 16.7. The quantitative estimate of drug-likeness (QED) is 0.505. The normalized spacial score (nSPS) is 17.2. The Morgan fingerprint density at radius 3 is 2.14 bits per heavy atom. The third-order valence-corrected chi connectivity index (χ3v) is 7.02. The predicted molar refractivity (Wildman–Crippen MR) is 130 cm³/mol. The van der Waals surface area contributed by atoms with Crippen molar-refractivity contribution in [1.29, 1.82) is 0 Å². The van der Waals surface area contributed by atoms with E-state index in [0.29, 0.717) is 13.3 Å². The van der Waals surface area contributed by atoms with Gasteiger partial charge in [0.05, 0.1) is 6.54 Å². The first-order valence-electron chi connectivity index (χ1n) is 12.0. The van der Waals surface area contributed by atoms with Crippen molar-refractivity contribution in [1.82, 2.24) is 14.4 Å². The molecule has 0 bridgehead atoms. The SMILES string of the molecule is Cc1cc(C(=O)CN2CCN(Cc3ccc4c(c3)OCO4)CC2)c(C)n1-c1ccc2c(c1)OCO2. The molecule has 1 saturated heterocycles. The molecule has 0 atom stereocenters. The number of fused-ring (bicyclic) bond motifs is 2. The number of aromatic nitrogens is 1. The van der Waals surface area contributed by atoms with Crippen LogP contribution in [-0.2, 0) is 6.54 Å². The average Bonchev–Trinajstić information content (AvgIpc) is 3.58. The summed E-state index contributed by atoms with van der Waals surface area (Å²) in [6.07, 6.45) is 0. The first kappa shape index (κ1) is 22.0. The molecule has 2 aromatic carbocycles. The van der Waals surface area contributed by atoms with Crippen molar-refractivity contribution >= 4 is 5.78 Å². The Balaban J connectivity index is 1.08. The molecular formula is C27H29N3O5. The highest BCUT2D eigenvalue weighted by Crippen LogP contribution is 2.35. The van der Waals surface area contributed by atoms with Crippen LogP contribution in [0.1, 0.15) is 27.3 Å². The molecule has 0 N–H and O–H groups in total. The fraction of sp³-hybridized carbons (Fsp3) is 0.370. The molecule has 6 rings (SSSR count). The number of carbonyl (C=O) groups excluding carboxylic acids is 1. The molecular weight excluding hydrogens is 446 g/mol. The van der Waals surface area contributed by atoms with E-state index in [2.05, 4.69) is 26.5 Å². The van der Waals surface area contributed by atoms with Gasteiger partial charge in [0.25, 0.3) is 0 Å². The van der Waals surface area contributed by atoms with Crippen molar-refractivity contribution < 1.29 is 23.7 Å². The highest BCUT2D eigenvalue weighted by Gasteiger charge is 2.24. The minimum atomic E-state index is 0.161. The van der Waals surface area contributed by atoms with Gasteiger partial charge in [-0.2, -0.15) is 0 Å². The molecule has 1 aromatic heterocycles. The van der Waals surface area contributed by atoms with Gasteiger partial charge >= 0.3 is 0 Å². The molecule has 1 fully saturated rings. The lowest BCUT2D eigenvalue weighted by Gasteiger charge is -2.34. The van der Waals surface area contributed by atoms with Gasteiger partial charge in [0.2, 0.25) is 13.6 Å². The lowest BCUT2D eigenvalue weighted by molar-refractivity contribution is 0.0843. The summed E-state index contributed by atoms with van der Waals surface area (Å²) in [5.41, 5.74) is 4.95. The third kappa shape index (κ3) is 4.24. The van der Waals surface area contributed by atoms with Crippen LogP contribution < -0.4 is 18.9 Å². The van der Waals surface area contributed by atoms with Gasteiger partial charge in [-0.1, -0.05) is 6.07 Å². The third-order valence-electron chi connectivity index (χ3n) is 7.02. The minimum Gasteiger partial charge on any atom is -0.454 e. The van der Waals surface area contributed by atoms with E-state index in [4.69, 9.17) is 18.9 Å². The van der Waals surface area contributed by atoms with E-state index in [-0.39, 0.29) is 12.6 Å². The number of Topliss-reactive ketones (excluding diaryl/α,β-unsaturated/α-hetero) is 1. The summed E-state index contributed by atoms with van der Waals surface area (Å²) in [6, 6.07) is 14.0. The lowest BCUT2D eigenvalue weighted by Crippen LogP contribution is -2.47. The molecule has 3 aliphatic heterocycles. The van der Waals surface area contributed by atoms with Crippen LogP contribution in [0.4, 0.5) is 0 Å². The molecule has 0 radical (unpaired) electrons. The van der Waals surface area contributed by atoms with Gasteiger partial charge in [-0.3, -0.25) is 14.6 Å². The molecule has 0 amide bonds.